The summed E-state index contributed by atoms with van der Waals surface area (Å²) in [5.41, 5.74) is 1.02. The van der Waals surface area contributed by atoms with E-state index < -0.39 is 0 Å². The lowest BCUT2D eigenvalue weighted by Gasteiger charge is -2.23. The zero-order valence-electron chi connectivity index (χ0n) is 14.0. The van der Waals surface area contributed by atoms with Crippen molar-refractivity contribution < 1.29 is 4.52 Å². The smallest absolute Gasteiger partial charge is 0.191 e. The van der Waals surface area contributed by atoms with E-state index >= 15 is 0 Å². The summed E-state index contributed by atoms with van der Waals surface area (Å²) in [5.74, 6) is 2.08. The van der Waals surface area contributed by atoms with Crippen molar-refractivity contribution in [2.45, 2.75) is 65.5 Å². The second kappa shape index (κ2) is 9.27. The SMILES string of the molecule is CCC(CC)c1cc(CNC(=NC)NC(C)(C)C)on1.I. The van der Waals surface area contributed by atoms with E-state index in [1.165, 1.54) is 0 Å². The Morgan fingerprint density at radius 2 is 1.95 bits per heavy atom. The minimum Gasteiger partial charge on any atom is -0.359 e. The number of aliphatic imine (C=N–C) groups is 1. The molecule has 0 saturated heterocycles. The van der Waals surface area contributed by atoms with Gasteiger partial charge in [0.15, 0.2) is 11.7 Å². The molecule has 0 unspecified atom stereocenters. The minimum absolute atomic E-state index is 0. The number of halogens is 1. The predicted molar refractivity (Wildman–Crippen MR) is 98.3 cm³/mol. The fraction of sp³-hybridized carbons (Fsp3) is 0.733. The van der Waals surface area contributed by atoms with Crippen LogP contribution < -0.4 is 10.6 Å². The molecule has 6 heteroatoms. The molecule has 1 heterocycles. The molecule has 0 spiro atoms. The highest BCUT2D eigenvalue weighted by Crippen LogP contribution is 2.22. The minimum atomic E-state index is -0.0239. The summed E-state index contributed by atoms with van der Waals surface area (Å²) in [6.07, 6.45) is 2.17. The first-order chi connectivity index (χ1) is 9.39. The number of guanidine groups is 1. The average molecular weight is 408 g/mol. The highest BCUT2D eigenvalue weighted by molar-refractivity contribution is 14.0. The molecule has 1 aromatic heterocycles. The van der Waals surface area contributed by atoms with Crippen molar-refractivity contribution in [3.8, 4) is 0 Å². The maximum absolute atomic E-state index is 5.38. The molecular formula is C15H29IN4O. The quantitative estimate of drug-likeness (QED) is 0.444. The molecule has 0 amide bonds. The van der Waals surface area contributed by atoms with Crippen molar-refractivity contribution in [1.82, 2.24) is 15.8 Å². The van der Waals surface area contributed by atoms with Gasteiger partial charge in [0.25, 0.3) is 0 Å². The van der Waals surface area contributed by atoms with Crippen LogP contribution in [0.2, 0.25) is 0 Å². The van der Waals surface area contributed by atoms with Gasteiger partial charge < -0.3 is 15.2 Å². The Labute approximate surface area is 145 Å². The summed E-state index contributed by atoms with van der Waals surface area (Å²) in [4.78, 5) is 4.20. The average Bonchev–Trinajstić information content (AvgIpc) is 2.83. The third-order valence-corrected chi connectivity index (χ3v) is 3.13. The van der Waals surface area contributed by atoms with Crippen LogP contribution in [0.25, 0.3) is 0 Å². The van der Waals surface area contributed by atoms with Gasteiger partial charge in [-0.3, -0.25) is 4.99 Å². The normalized spacial score (nSPS) is 12.2. The topological polar surface area (TPSA) is 62.5 Å². The summed E-state index contributed by atoms with van der Waals surface area (Å²) >= 11 is 0. The number of hydrogen-bond donors (Lipinski definition) is 2. The molecule has 0 aromatic carbocycles. The van der Waals surface area contributed by atoms with Crippen LogP contribution in [0.4, 0.5) is 0 Å². The van der Waals surface area contributed by atoms with Crippen molar-refractivity contribution in [3.05, 3.63) is 17.5 Å². The van der Waals surface area contributed by atoms with Crippen LogP contribution in [0, 0.1) is 0 Å². The number of nitrogens with zero attached hydrogens (tertiary/aromatic N) is 2. The van der Waals surface area contributed by atoms with Crippen molar-refractivity contribution >= 4 is 29.9 Å². The van der Waals surface area contributed by atoms with Gasteiger partial charge in [0.2, 0.25) is 0 Å². The Bertz CT molecular complexity index is 433. The van der Waals surface area contributed by atoms with Gasteiger partial charge in [-0.25, -0.2) is 0 Å². The second-order valence-corrected chi connectivity index (χ2v) is 6.03. The summed E-state index contributed by atoms with van der Waals surface area (Å²) in [6, 6.07) is 2.04. The molecule has 1 rings (SSSR count). The van der Waals surface area contributed by atoms with Crippen LogP contribution in [0.15, 0.2) is 15.6 Å². The van der Waals surface area contributed by atoms with Crippen LogP contribution in [0.5, 0.6) is 0 Å². The highest BCUT2D eigenvalue weighted by Gasteiger charge is 2.14. The van der Waals surface area contributed by atoms with Crippen molar-refractivity contribution in [3.63, 3.8) is 0 Å². The molecule has 0 bridgehead atoms. The van der Waals surface area contributed by atoms with Crippen molar-refractivity contribution in [1.29, 1.82) is 0 Å². The third kappa shape index (κ3) is 7.15. The Morgan fingerprint density at radius 1 is 1.33 bits per heavy atom. The Morgan fingerprint density at radius 3 is 2.43 bits per heavy atom. The molecule has 0 aliphatic heterocycles. The number of rotatable bonds is 5. The molecule has 0 saturated carbocycles. The van der Waals surface area contributed by atoms with E-state index in [-0.39, 0.29) is 29.5 Å². The first kappa shape index (κ1) is 20.2. The summed E-state index contributed by atoms with van der Waals surface area (Å²) in [7, 11) is 1.76. The van der Waals surface area contributed by atoms with E-state index in [1.807, 2.05) is 6.07 Å². The van der Waals surface area contributed by atoms with Gasteiger partial charge in [0.1, 0.15) is 0 Å². The van der Waals surface area contributed by atoms with Gasteiger partial charge in [-0.15, -0.1) is 24.0 Å². The van der Waals surface area contributed by atoms with Gasteiger partial charge in [-0.05, 0) is 33.6 Å². The third-order valence-electron chi connectivity index (χ3n) is 3.13. The van der Waals surface area contributed by atoms with E-state index in [9.17, 15) is 0 Å². The largest absolute Gasteiger partial charge is 0.359 e. The Kier molecular flexibility index (Phi) is 8.92. The lowest BCUT2D eigenvalue weighted by atomic mass is 9.99. The van der Waals surface area contributed by atoms with Crippen molar-refractivity contribution in [2.24, 2.45) is 4.99 Å². The molecule has 2 N–H and O–H groups in total. The number of aromatic nitrogens is 1. The fourth-order valence-corrected chi connectivity index (χ4v) is 2.02. The van der Waals surface area contributed by atoms with E-state index in [1.54, 1.807) is 7.05 Å². The van der Waals surface area contributed by atoms with Gasteiger partial charge in [-0.2, -0.15) is 0 Å². The highest BCUT2D eigenvalue weighted by atomic mass is 127. The van der Waals surface area contributed by atoms with Gasteiger partial charge >= 0.3 is 0 Å². The van der Waals surface area contributed by atoms with Crippen LogP contribution in [-0.4, -0.2) is 23.7 Å². The molecule has 1 aromatic rings. The van der Waals surface area contributed by atoms with E-state index in [2.05, 4.69) is 55.4 Å². The first-order valence-corrected chi connectivity index (χ1v) is 7.33. The second-order valence-electron chi connectivity index (χ2n) is 6.03. The van der Waals surface area contributed by atoms with Crippen LogP contribution >= 0.6 is 24.0 Å². The van der Waals surface area contributed by atoms with Gasteiger partial charge in [0.05, 0.1) is 12.2 Å². The molecule has 0 aliphatic carbocycles. The van der Waals surface area contributed by atoms with Crippen molar-refractivity contribution in [2.75, 3.05) is 7.05 Å². The maximum atomic E-state index is 5.38. The molecule has 0 radical (unpaired) electrons. The monoisotopic (exact) mass is 408 g/mol. The molecule has 0 atom stereocenters. The summed E-state index contributed by atoms with van der Waals surface area (Å²) in [5, 5.41) is 10.7. The molecule has 0 aliphatic rings. The van der Waals surface area contributed by atoms with E-state index in [0.717, 1.165) is 30.3 Å². The molecular weight excluding hydrogens is 379 g/mol. The van der Waals surface area contributed by atoms with E-state index in [4.69, 9.17) is 4.52 Å². The summed E-state index contributed by atoms with van der Waals surface area (Å²) < 4.78 is 5.38. The zero-order chi connectivity index (χ0) is 15.2. The fourth-order valence-electron chi connectivity index (χ4n) is 2.02. The predicted octanol–water partition coefficient (Wildman–Crippen LogP) is 3.66. The number of hydrogen-bond acceptors (Lipinski definition) is 3. The number of nitrogens with one attached hydrogen (secondary N) is 2. The van der Waals surface area contributed by atoms with E-state index in [0.29, 0.717) is 12.5 Å². The molecule has 0 fully saturated rings. The lowest BCUT2D eigenvalue weighted by molar-refractivity contribution is 0.367. The molecule has 5 nitrogen and oxygen atoms in total. The summed E-state index contributed by atoms with van der Waals surface area (Å²) in [6.45, 7) is 11.2. The Hall–Kier alpha value is -0.790. The van der Waals surface area contributed by atoms with Crippen LogP contribution in [0.1, 0.15) is 64.8 Å². The molecule has 21 heavy (non-hydrogen) atoms. The zero-order valence-corrected chi connectivity index (χ0v) is 16.3. The van der Waals surface area contributed by atoms with Crippen LogP contribution in [-0.2, 0) is 6.54 Å². The van der Waals surface area contributed by atoms with Crippen LogP contribution in [0.3, 0.4) is 0 Å². The molecule has 122 valence electrons. The first-order valence-electron chi connectivity index (χ1n) is 7.33. The van der Waals surface area contributed by atoms with Gasteiger partial charge in [-0.1, -0.05) is 19.0 Å². The van der Waals surface area contributed by atoms with Gasteiger partial charge in [0, 0.05) is 24.6 Å². The Balaban J connectivity index is 0.00000400. The standard InChI is InChI=1S/C15H28N4O.HI/c1-7-11(8-2)13-9-12(20-19-13)10-17-14(16-6)18-15(3,4)5;/h9,11H,7-8,10H2,1-6H3,(H2,16,17,18);1H. The maximum Gasteiger partial charge on any atom is 0.191 e. The lowest BCUT2D eigenvalue weighted by Crippen LogP contribution is -2.47.